The minimum absolute atomic E-state index is 0.0177. The third-order valence-electron chi connectivity index (χ3n) is 1.19. The molecule has 0 aliphatic heterocycles. The van der Waals surface area contributed by atoms with Gasteiger partial charge in [-0.15, -0.1) is 34.8 Å². The number of alkyl halides is 3. The topological polar surface area (TPSA) is 0 Å². The van der Waals surface area contributed by atoms with Crippen molar-refractivity contribution in [2.75, 3.05) is 0 Å². The zero-order valence-corrected chi connectivity index (χ0v) is 5.89. The summed E-state index contributed by atoms with van der Waals surface area (Å²) in [6, 6.07) is 0. The molecule has 1 unspecified atom stereocenters. The molecule has 42 valence electrons. The Morgan fingerprint density at radius 3 is 1.86 bits per heavy atom. The SMILES string of the molecule is ClC1CCC1(Cl)Cl. The second-order valence-electron chi connectivity index (χ2n) is 1.77. The minimum atomic E-state index is -0.610. The molecule has 1 aliphatic carbocycles. The largest absolute Gasteiger partial charge is 0.134 e. The van der Waals surface area contributed by atoms with Gasteiger partial charge in [0.15, 0.2) is 0 Å². The zero-order valence-electron chi connectivity index (χ0n) is 3.63. The van der Waals surface area contributed by atoms with Gasteiger partial charge < -0.3 is 0 Å². The normalized spacial score (nSPS) is 37.3. The van der Waals surface area contributed by atoms with E-state index in [0.29, 0.717) is 0 Å². The summed E-state index contributed by atoms with van der Waals surface area (Å²) in [4.78, 5) is 0. The second-order valence-corrected chi connectivity index (χ2v) is 3.84. The van der Waals surface area contributed by atoms with Gasteiger partial charge in [0.05, 0.1) is 5.38 Å². The van der Waals surface area contributed by atoms with E-state index in [1.165, 1.54) is 0 Å². The summed E-state index contributed by atoms with van der Waals surface area (Å²) in [7, 11) is 0. The van der Waals surface area contributed by atoms with Crippen LogP contribution in [0.3, 0.4) is 0 Å². The number of rotatable bonds is 0. The van der Waals surface area contributed by atoms with Gasteiger partial charge in [-0.3, -0.25) is 0 Å². The van der Waals surface area contributed by atoms with Crippen molar-refractivity contribution in [3.63, 3.8) is 0 Å². The predicted octanol–water partition coefficient (Wildman–Crippen LogP) is 2.56. The van der Waals surface area contributed by atoms with Gasteiger partial charge in [-0.25, -0.2) is 0 Å². The molecule has 0 heterocycles. The lowest BCUT2D eigenvalue weighted by molar-refractivity contribution is 0.477. The average Bonchev–Trinajstić information content (AvgIpc) is 1.63. The Balaban J connectivity index is 2.43. The molecule has 0 N–H and O–H groups in total. The van der Waals surface area contributed by atoms with Crippen LogP contribution in [0.15, 0.2) is 0 Å². The second kappa shape index (κ2) is 1.68. The van der Waals surface area contributed by atoms with Crippen molar-refractivity contribution in [2.24, 2.45) is 0 Å². The van der Waals surface area contributed by atoms with Gasteiger partial charge in [-0.1, -0.05) is 0 Å². The molecule has 0 nitrogen and oxygen atoms in total. The van der Waals surface area contributed by atoms with Crippen LogP contribution in [0.2, 0.25) is 0 Å². The van der Waals surface area contributed by atoms with Crippen molar-refractivity contribution in [2.45, 2.75) is 22.6 Å². The first-order chi connectivity index (χ1) is 3.13. The molecular formula is C4H5Cl3. The van der Waals surface area contributed by atoms with Crippen molar-refractivity contribution < 1.29 is 0 Å². The summed E-state index contributed by atoms with van der Waals surface area (Å²) in [6.07, 6.45) is 1.79. The fraction of sp³-hybridized carbons (Fsp3) is 1.00. The smallest absolute Gasteiger partial charge is 0.120 e. The first-order valence-corrected chi connectivity index (χ1v) is 3.34. The van der Waals surface area contributed by atoms with Gasteiger partial charge >= 0.3 is 0 Å². The molecule has 1 saturated carbocycles. The van der Waals surface area contributed by atoms with E-state index in [0.717, 1.165) is 12.8 Å². The van der Waals surface area contributed by atoms with Crippen LogP contribution in [0.1, 0.15) is 12.8 Å². The molecule has 0 radical (unpaired) electrons. The van der Waals surface area contributed by atoms with Crippen molar-refractivity contribution in [3.05, 3.63) is 0 Å². The van der Waals surface area contributed by atoms with Crippen LogP contribution in [0.25, 0.3) is 0 Å². The maximum Gasteiger partial charge on any atom is 0.134 e. The average molecular weight is 159 g/mol. The molecule has 0 aromatic carbocycles. The summed E-state index contributed by atoms with van der Waals surface area (Å²) in [6.45, 7) is 0. The number of hydrogen-bond donors (Lipinski definition) is 0. The molecule has 0 spiro atoms. The number of halogens is 3. The van der Waals surface area contributed by atoms with Crippen molar-refractivity contribution in [1.29, 1.82) is 0 Å². The molecule has 1 aliphatic rings. The van der Waals surface area contributed by atoms with Crippen LogP contribution in [-0.2, 0) is 0 Å². The third kappa shape index (κ3) is 0.984. The van der Waals surface area contributed by atoms with E-state index in [-0.39, 0.29) is 5.38 Å². The molecule has 1 fully saturated rings. The molecule has 0 amide bonds. The van der Waals surface area contributed by atoms with E-state index in [1.807, 2.05) is 0 Å². The fourth-order valence-corrected chi connectivity index (χ4v) is 1.13. The summed E-state index contributed by atoms with van der Waals surface area (Å²) in [5, 5.41) is -0.0177. The minimum Gasteiger partial charge on any atom is -0.120 e. The lowest BCUT2D eigenvalue weighted by Crippen LogP contribution is -2.37. The number of hydrogen-bond acceptors (Lipinski definition) is 0. The Bertz CT molecular complexity index is 79.0. The Labute approximate surface area is 57.7 Å². The van der Waals surface area contributed by atoms with E-state index in [4.69, 9.17) is 34.8 Å². The molecule has 3 heteroatoms. The molecule has 0 bridgehead atoms. The fourth-order valence-electron chi connectivity index (χ4n) is 0.472. The molecule has 0 aromatic heterocycles. The van der Waals surface area contributed by atoms with Crippen molar-refractivity contribution >= 4 is 34.8 Å². The van der Waals surface area contributed by atoms with Crippen LogP contribution in [-0.4, -0.2) is 9.71 Å². The lowest BCUT2D eigenvalue weighted by atomic mass is 9.98. The van der Waals surface area contributed by atoms with Gasteiger partial charge in [0.1, 0.15) is 4.33 Å². The van der Waals surface area contributed by atoms with E-state index in [1.54, 1.807) is 0 Å². The summed E-state index contributed by atoms with van der Waals surface area (Å²) < 4.78 is -0.610. The van der Waals surface area contributed by atoms with E-state index in [2.05, 4.69) is 0 Å². The highest BCUT2D eigenvalue weighted by atomic mass is 35.5. The van der Waals surface area contributed by atoms with Gasteiger partial charge in [0.25, 0.3) is 0 Å². The monoisotopic (exact) mass is 158 g/mol. The van der Waals surface area contributed by atoms with E-state index in [9.17, 15) is 0 Å². The third-order valence-corrected chi connectivity index (χ3v) is 2.91. The highest BCUT2D eigenvalue weighted by Crippen LogP contribution is 2.45. The van der Waals surface area contributed by atoms with Gasteiger partial charge in [-0.2, -0.15) is 0 Å². The summed E-state index contributed by atoms with van der Waals surface area (Å²) in [5.74, 6) is 0. The molecule has 1 rings (SSSR count). The molecule has 7 heavy (non-hydrogen) atoms. The van der Waals surface area contributed by atoms with Crippen LogP contribution in [0, 0.1) is 0 Å². The van der Waals surface area contributed by atoms with Crippen LogP contribution >= 0.6 is 34.8 Å². The van der Waals surface area contributed by atoms with Gasteiger partial charge in [0, 0.05) is 0 Å². The van der Waals surface area contributed by atoms with Crippen LogP contribution in [0.4, 0.5) is 0 Å². The molecule has 1 atom stereocenters. The first-order valence-electron chi connectivity index (χ1n) is 2.15. The van der Waals surface area contributed by atoms with Crippen LogP contribution < -0.4 is 0 Å². The molecule has 0 saturated heterocycles. The first kappa shape index (κ1) is 6.00. The Morgan fingerprint density at radius 1 is 1.43 bits per heavy atom. The lowest BCUT2D eigenvalue weighted by Gasteiger charge is -2.34. The molecular weight excluding hydrogens is 154 g/mol. The Hall–Kier alpha value is 0.870. The standard InChI is InChI=1S/C4H5Cl3/c5-3-1-2-4(3,6)7/h3H,1-2H2. The quantitative estimate of drug-likeness (QED) is 0.477. The summed E-state index contributed by atoms with van der Waals surface area (Å²) >= 11 is 16.8. The van der Waals surface area contributed by atoms with Gasteiger partial charge in [-0.05, 0) is 12.8 Å². The Kier molecular flexibility index (Phi) is 1.44. The van der Waals surface area contributed by atoms with Crippen LogP contribution in [0.5, 0.6) is 0 Å². The van der Waals surface area contributed by atoms with E-state index < -0.39 is 4.33 Å². The van der Waals surface area contributed by atoms with Crippen molar-refractivity contribution in [1.82, 2.24) is 0 Å². The Morgan fingerprint density at radius 2 is 1.86 bits per heavy atom. The predicted molar refractivity (Wildman–Crippen MR) is 33.3 cm³/mol. The highest BCUT2D eigenvalue weighted by Gasteiger charge is 2.42. The summed E-state index contributed by atoms with van der Waals surface area (Å²) in [5.41, 5.74) is 0. The molecule has 0 aromatic rings. The maximum atomic E-state index is 5.59. The van der Waals surface area contributed by atoms with E-state index >= 15 is 0 Å². The van der Waals surface area contributed by atoms with Gasteiger partial charge in [0.2, 0.25) is 0 Å². The maximum absolute atomic E-state index is 5.59. The van der Waals surface area contributed by atoms with Crippen molar-refractivity contribution in [3.8, 4) is 0 Å². The highest BCUT2D eigenvalue weighted by molar-refractivity contribution is 6.53. The zero-order chi connectivity index (χ0) is 5.49.